The van der Waals surface area contributed by atoms with Crippen LogP contribution in [0.25, 0.3) is 0 Å². The van der Waals surface area contributed by atoms with Gasteiger partial charge in [-0.25, -0.2) is 4.99 Å². The first-order valence-corrected chi connectivity index (χ1v) is 9.77. The molecule has 0 aromatic heterocycles. The molecule has 2 fully saturated rings. The summed E-state index contributed by atoms with van der Waals surface area (Å²) in [6, 6.07) is 8.35. The molecule has 1 heterocycles. The van der Waals surface area contributed by atoms with Gasteiger partial charge < -0.3 is 20.4 Å². The number of carbonyl (C=O) groups excluding carboxylic acids is 1. The molecule has 1 aromatic carbocycles. The van der Waals surface area contributed by atoms with Crippen molar-refractivity contribution in [3.8, 4) is 0 Å². The molecule has 2 aliphatic rings. The van der Waals surface area contributed by atoms with Crippen molar-refractivity contribution in [2.75, 3.05) is 44.2 Å². The van der Waals surface area contributed by atoms with Gasteiger partial charge in [0.05, 0.1) is 0 Å². The first-order valence-electron chi connectivity index (χ1n) is 9.40. The van der Waals surface area contributed by atoms with Crippen molar-refractivity contribution >= 4 is 53.1 Å². The monoisotopic (exact) mass is 505 g/mol. The Labute approximate surface area is 183 Å². The molecular formula is C19H29ClIN5O. The lowest BCUT2D eigenvalue weighted by atomic mass is 10.2. The molecule has 0 spiro atoms. The predicted molar refractivity (Wildman–Crippen MR) is 122 cm³/mol. The number of anilines is 1. The molecule has 1 amide bonds. The molecule has 1 saturated carbocycles. The third-order valence-electron chi connectivity index (χ3n) is 4.97. The summed E-state index contributed by atoms with van der Waals surface area (Å²) in [7, 11) is 0. The standard InChI is InChI=1S/C19H28ClN5O.HI/c1-3-21-19(23-17-12-14(17)2)22-13-18(26)25-10-8-24(9-11-25)16-6-4-15(20)5-7-16;/h4-7,14,17H,3,8-13H2,1-2H3,(H2,21,22,23);1H. The molecule has 1 aromatic rings. The molecular weight excluding hydrogens is 477 g/mol. The fourth-order valence-corrected chi connectivity index (χ4v) is 3.26. The lowest BCUT2D eigenvalue weighted by Gasteiger charge is -2.36. The summed E-state index contributed by atoms with van der Waals surface area (Å²) in [5, 5.41) is 7.34. The highest BCUT2D eigenvalue weighted by Crippen LogP contribution is 2.28. The largest absolute Gasteiger partial charge is 0.368 e. The maximum atomic E-state index is 12.5. The maximum absolute atomic E-state index is 12.5. The normalized spacial score (nSPS) is 22.1. The number of hydrogen-bond acceptors (Lipinski definition) is 3. The number of nitrogens with one attached hydrogen (secondary N) is 2. The Balaban J connectivity index is 0.00000261. The average Bonchev–Trinajstić information content (AvgIpc) is 3.35. The van der Waals surface area contributed by atoms with Crippen LogP contribution in [0.1, 0.15) is 20.3 Å². The van der Waals surface area contributed by atoms with Crippen molar-refractivity contribution in [3.63, 3.8) is 0 Å². The summed E-state index contributed by atoms with van der Waals surface area (Å²) in [5.41, 5.74) is 1.15. The number of amides is 1. The number of halogens is 2. The fourth-order valence-electron chi connectivity index (χ4n) is 3.13. The van der Waals surface area contributed by atoms with E-state index in [0.29, 0.717) is 12.0 Å². The highest BCUT2D eigenvalue weighted by molar-refractivity contribution is 14.0. The van der Waals surface area contributed by atoms with Gasteiger partial charge in [-0.15, -0.1) is 24.0 Å². The van der Waals surface area contributed by atoms with Crippen molar-refractivity contribution < 1.29 is 4.79 Å². The molecule has 0 bridgehead atoms. The third kappa shape index (κ3) is 6.41. The number of guanidine groups is 1. The van der Waals surface area contributed by atoms with E-state index in [1.165, 1.54) is 6.42 Å². The van der Waals surface area contributed by atoms with Crippen LogP contribution in [0.4, 0.5) is 5.69 Å². The number of nitrogens with zero attached hydrogens (tertiary/aromatic N) is 3. The highest BCUT2D eigenvalue weighted by atomic mass is 127. The Bertz CT molecular complexity index is 646. The van der Waals surface area contributed by atoms with Gasteiger partial charge in [0.25, 0.3) is 0 Å². The number of aliphatic imine (C=N–C) groups is 1. The SMILES string of the molecule is CCNC(=NCC(=O)N1CCN(c2ccc(Cl)cc2)CC1)NC1CC1C.I. The molecule has 8 heteroatoms. The number of hydrogen-bond donors (Lipinski definition) is 2. The molecule has 150 valence electrons. The topological polar surface area (TPSA) is 60.0 Å². The molecule has 1 saturated heterocycles. The summed E-state index contributed by atoms with van der Waals surface area (Å²) in [6.45, 7) is 8.33. The summed E-state index contributed by atoms with van der Waals surface area (Å²) in [4.78, 5) is 21.1. The maximum Gasteiger partial charge on any atom is 0.244 e. The molecule has 1 aliphatic heterocycles. The average molecular weight is 506 g/mol. The number of rotatable bonds is 5. The lowest BCUT2D eigenvalue weighted by molar-refractivity contribution is -0.129. The Morgan fingerprint density at radius 1 is 1.22 bits per heavy atom. The molecule has 2 N–H and O–H groups in total. The van der Waals surface area contributed by atoms with Crippen LogP contribution in [-0.4, -0.2) is 62.1 Å². The van der Waals surface area contributed by atoms with Gasteiger partial charge in [0, 0.05) is 49.5 Å². The zero-order valence-electron chi connectivity index (χ0n) is 15.9. The van der Waals surface area contributed by atoms with Crippen LogP contribution in [0.5, 0.6) is 0 Å². The number of carbonyl (C=O) groups is 1. The van der Waals surface area contributed by atoms with Crippen LogP contribution in [0.2, 0.25) is 5.02 Å². The summed E-state index contributed by atoms with van der Waals surface area (Å²) >= 11 is 5.95. The minimum absolute atomic E-state index is 0. The predicted octanol–water partition coefficient (Wildman–Crippen LogP) is 2.57. The minimum atomic E-state index is 0. The smallest absolute Gasteiger partial charge is 0.244 e. The van der Waals surface area contributed by atoms with Crippen molar-refractivity contribution in [1.82, 2.24) is 15.5 Å². The van der Waals surface area contributed by atoms with Crippen molar-refractivity contribution in [1.29, 1.82) is 0 Å². The van der Waals surface area contributed by atoms with Gasteiger partial charge in [-0.3, -0.25) is 4.79 Å². The highest BCUT2D eigenvalue weighted by Gasteiger charge is 2.33. The second kappa shape index (κ2) is 10.4. The third-order valence-corrected chi connectivity index (χ3v) is 5.22. The van der Waals surface area contributed by atoms with Gasteiger partial charge in [0.15, 0.2) is 5.96 Å². The minimum Gasteiger partial charge on any atom is -0.368 e. The molecule has 2 atom stereocenters. The molecule has 27 heavy (non-hydrogen) atoms. The summed E-state index contributed by atoms with van der Waals surface area (Å²) < 4.78 is 0. The first-order chi connectivity index (χ1) is 12.6. The van der Waals surface area contributed by atoms with E-state index in [4.69, 9.17) is 11.6 Å². The van der Waals surface area contributed by atoms with Gasteiger partial charge in [-0.2, -0.15) is 0 Å². The van der Waals surface area contributed by atoms with Gasteiger partial charge in [-0.05, 0) is 43.5 Å². The van der Waals surface area contributed by atoms with Crippen LogP contribution in [-0.2, 0) is 4.79 Å². The van der Waals surface area contributed by atoms with Crippen molar-refractivity contribution in [3.05, 3.63) is 29.3 Å². The van der Waals surface area contributed by atoms with E-state index in [1.54, 1.807) is 0 Å². The van der Waals surface area contributed by atoms with Crippen LogP contribution >= 0.6 is 35.6 Å². The molecule has 0 radical (unpaired) electrons. The van der Waals surface area contributed by atoms with Crippen LogP contribution in [0.15, 0.2) is 29.3 Å². The lowest BCUT2D eigenvalue weighted by Crippen LogP contribution is -2.49. The summed E-state index contributed by atoms with van der Waals surface area (Å²) in [5.74, 6) is 1.52. The second-order valence-electron chi connectivity index (χ2n) is 7.00. The zero-order chi connectivity index (χ0) is 18.5. The molecule has 2 unspecified atom stereocenters. The van der Waals surface area contributed by atoms with E-state index in [1.807, 2.05) is 36.1 Å². The second-order valence-corrected chi connectivity index (χ2v) is 7.44. The number of benzene rings is 1. The van der Waals surface area contributed by atoms with Crippen LogP contribution < -0.4 is 15.5 Å². The van der Waals surface area contributed by atoms with Gasteiger partial charge >= 0.3 is 0 Å². The van der Waals surface area contributed by atoms with Crippen molar-refractivity contribution in [2.24, 2.45) is 10.9 Å². The Kier molecular flexibility index (Phi) is 8.47. The molecule has 6 nitrogen and oxygen atoms in total. The van der Waals surface area contributed by atoms with E-state index in [9.17, 15) is 4.79 Å². The zero-order valence-corrected chi connectivity index (χ0v) is 19.0. The Morgan fingerprint density at radius 2 is 1.85 bits per heavy atom. The summed E-state index contributed by atoms with van der Waals surface area (Å²) in [6.07, 6.45) is 1.17. The molecule has 3 rings (SSSR count). The van der Waals surface area contributed by atoms with E-state index in [0.717, 1.165) is 49.4 Å². The van der Waals surface area contributed by atoms with E-state index < -0.39 is 0 Å². The number of piperazine rings is 1. The van der Waals surface area contributed by atoms with Gasteiger partial charge in [0.2, 0.25) is 5.91 Å². The van der Waals surface area contributed by atoms with Crippen molar-refractivity contribution in [2.45, 2.75) is 26.3 Å². The van der Waals surface area contributed by atoms with Crippen LogP contribution in [0.3, 0.4) is 0 Å². The Morgan fingerprint density at radius 3 is 2.41 bits per heavy atom. The van der Waals surface area contributed by atoms with E-state index in [-0.39, 0.29) is 36.4 Å². The molecule has 1 aliphatic carbocycles. The fraction of sp³-hybridized carbons (Fsp3) is 0.579. The quantitative estimate of drug-likeness (QED) is 0.367. The van der Waals surface area contributed by atoms with E-state index >= 15 is 0 Å². The van der Waals surface area contributed by atoms with Crippen LogP contribution in [0, 0.1) is 5.92 Å². The van der Waals surface area contributed by atoms with Gasteiger partial charge in [-0.1, -0.05) is 18.5 Å². The van der Waals surface area contributed by atoms with E-state index in [2.05, 4.69) is 27.4 Å². The van der Waals surface area contributed by atoms with Gasteiger partial charge in [0.1, 0.15) is 6.54 Å². The first kappa shape index (κ1) is 22.1. The Hall–Kier alpha value is -1.22.